The lowest BCUT2D eigenvalue weighted by Crippen LogP contribution is -2.35. The number of rotatable bonds is 6. The van der Waals surface area contributed by atoms with Crippen molar-refractivity contribution < 1.29 is 22.7 Å². The summed E-state index contributed by atoms with van der Waals surface area (Å²) >= 11 is 0.745. The molecule has 2 heterocycles. The lowest BCUT2D eigenvalue weighted by atomic mass is 10.1. The first kappa shape index (κ1) is 23.7. The van der Waals surface area contributed by atoms with Gasteiger partial charge < -0.3 is 9.47 Å². The number of carbonyl (C=O) groups is 1. The quantitative estimate of drug-likeness (QED) is 0.601. The third kappa shape index (κ3) is 4.90. The smallest absolute Gasteiger partial charge is 0.283 e. The Kier molecular flexibility index (Phi) is 6.58. The molecule has 0 unspecified atom stereocenters. The number of ether oxygens (including phenoxy) is 2. The lowest BCUT2D eigenvalue weighted by Gasteiger charge is -2.20. The maximum Gasteiger partial charge on any atom is 0.283 e. The molecule has 9 nitrogen and oxygen atoms in total. The van der Waals surface area contributed by atoms with Gasteiger partial charge in [0.05, 0.1) is 12.2 Å². The van der Waals surface area contributed by atoms with E-state index in [-0.39, 0.29) is 27.1 Å². The minimum atomic E-state index is -3.59. The number of carbonyl (C=O) groups excluding carboxylic acids is 1. The Morgan fingerprint density at radius 3 is 2.59 bits per heavy atom. The number of amidine groups is 2. The van der Waals surface area contributed by atoms with Gasteiger partial charge in [0, 0.05) is 6.26 Å². The highest BCUT2D eigenvalue weighted by atomic mass is 32.3. The molecule has 1 amide bonds. The highest BCUT2D eigenvalue weighted by Gasteiger charge is 2.38. The first-order valence-electron chi connectivity index (χ1n) is 10.4. The number of thioether (sulfide) groups is 1. The average Bonchev–Trinajstić information content (AvgIpc) is 3.24. The fraction of sp³-hybridized carbons (Fsp3) is 0.217. The van der Waals surface area contributed by atoms with Crippen LogP contribution >= 0.6 is 11.8 Å². The number of benzene rings is 2. The fourth-order valence-electron chi connectivity index (χ4n) is 3.25. The van der Waals surface area contributed by atoms with Crippen LogP contribution in [0.25, 0.3) is 6.08 Å². The second-order valence-corrected chi connectivity index (χ2v) is 10.6. The number of aliphatic imine (C=N–C) groups is 1. The van der Waals surface area contributed by atoms with Gasteiger partial charge >= 0.3 is 0 Å². The summed E-state index contributed by atoms with van der Waals surface area (Å²) in [5.74, 6) is 0.138. The van der Waals surface area contributed by atoms with E-state index in [0.717, 1.165) is 28.6 Å². The van der Waals surface area contributed by atoms with Crippen LogP contribution in [-0.4, -0.2) is 47.6 Å². The van der Waals surface area contributed by atoms with Crippen LogP contribution in [0.2, 0.25) is 0 Å². The molecule has 2 aliphatic rings. The van der Waals surface area contributed by atoms with Crippen molar-refractivity contribution >= 4 is 49.0 Å². The van der Waals surface area contributed by atoms with Gasteiger partial charge in [-0.15, -0.1) is 5.10 Å². The first-order chi connectivity index (χ1) is 16.2. The zero-order valence-corrected chi connectivity index (χ0v) is 20.3. The topological polar surface area (TPSA) is 121 Å². The molecule has 0 spiro atoms. The van der Waals surface area contributed by atoms with Gasteiger partial charge in [0.1, 0.15) is 6.10 Å². The fourth-order valence-corrected chi connectivity index (χ4v) is 4.94. The summed E-state index contributed by atoms with van der Waals surface area (Å²) in [6.45, 7) is 4.21. The van der Waals surface area contributed by atoms with E-state index in [4.69, 9.17) is 14.9 Å². The summed E-state index contributed by atoms with van der Waals surface area (Å²) < 4.78 is 35.3. The normalized spacial score (nSPS) is 17.9. The SMILES string of the molecule is CCOc1cc(/C=C2\C(=N)N3N=C(S(C)(=O)=O)SC3=NC2=O)ccc1O[C@H](C)c1ccccc1. The van der Waals surface area contributed by atoms with Gasteiger partial charge in [-0.3, -0.25) is 10.2 Å². The van der Waals surface area contributed by atoms with Crippen LogP contribution in [0.3, 0.4) is 0 Å². The van der Waals surface area contributed by atoms with E-state index < -0.39 is 15.7 Å². The van der Waals surface area contributed by atoms with Crippen molar-refractivity contribution in [3.8, 4) is 11.5 Å². The van der Waals surface area contributed by atoms with Gasteiger partial charge in [0.25, 0.3) is 5.91 Å². The predicted molar refractivity (Wildman–Crippen MR) is 133 cm³/mol. The molecule has 11 heteroatoms. The molecule has 0 aromatic heterocycles. The first-order valence-corrected chi connectivity index (χ1v) is 13.1. The molecule has 2 aromatic rings. The van der Waals surface area contributed by atoms with Crippen LogP contribution in [0.15, 0.2) is 64.2 Å². The summed E-state index contributed by atoms with van der Waals surface area (Å²) in [6.07, 6.45) is 2.30. The van der Waals surface area contributed by atoms with Crippen LogP contribution in [0.4, 0.5) is 0 Å². The zero-order valence-electron chi connectivity index (χ0n) is 18.7. The number of hydrogen-bond donors (Lipinski definition) is 1. The van der Waals surface area contributed by atoms with Gasteiger partial charge in [-0.05, 0) is 54.9 Å². The molecule has 4 rings (SSSR count). The summed E-state index contributed by atoms with van der Waals surface area (Å²) in [5.41, 5.74) is 1.59. The average molecular weight is 499 g/mol. The molecule has 0 aliphatic carbocycles. The van der Waals surface area contributed by atoms with Crippen LogP contribution in [0.5, 0.6) is 11.5 Å². The molecule has 0 saturated heterocycles. The van der Waals surface area contributed by atoms with E-state index in [9.17, 15) is 13.2 Å². The van der Waals surface area contributed by atoms with E-state index in [1.807, 2.05) is 44.2 Å². The second-order valence-electron chi connectivity index (χ2n) is 7.47. The number of amides is 1. The van der Waals surface area contributed by atoms with Gasteiger partial charge in [-0.2, -0.15) is 10.0 Å². The Bertz CT molecular complexity index is 1350. The molecule has 176 valence electrons. The summed E-state index contributed by atoms with van der Waals surface area (Å²) in [6, 6.07) is 15.0. The molecule has 0 radical (unpaired) electrons. The summed E-state index contributed by atoms with van der Waals surface area (Å²) in [7, 11) is -3.59. The summed E-state index contributed by atoms with van der Waals surface area (Å²) in [5, 5.41) is 13.4. The Balaban J connectivity index is 1.63. The number of fused-ring (bicyclic) bond motifs is 1. The van der Waals surface area contributed by atoms with Crippen molar-refractivity contribution in [2.75, 3.05) is 12.9 Å². The molecule has 1 atom stereocenters. The van der Waals surface area contributed by atoms with Crippen LogP contribution in [0.1, 0.15) is 31.1 Å². The number of nitrogens with zero attached hydrogens (tertiary/aromatic N) is 3. The standard InChI is InChI=1S/C23H22N4O5S2/c1-4-31-19-13-15(10-11-18(19)32-14(2)16-8-6-5-7-9-16)12-17-20(24)27-22(25-21(17)28)33-23(26-27)34(3,29)30/h5-14,24H,4H2,1-3H3/b17-12+,24-20?/t14-/m1/s1. The van der Waals surface area contributed by atoms with Crippen LogP contribution in [-0.2, 0) is 14.6 Å². The Morgan fingerprint density at radius 2 is 1.91 bits per heavy atom. The van der Waals surface area contributed by atoms with Crippen molar-refractivity contribution in [3.05, 3.63) is 65.2 Å². The third-order valence-electron chi connectivity index (χ3n) is 4.90. The van der Waals surface area contributed by atoms with Crippen molar-refractivity contribution in [1.29, 1.82) is 5.41 Å². The number of sulfone groups is 1. The lowest BCUT2D eigenvalue weighted by molar-refractivity contribution is -0.114. The molecular weight excluding hydrogens is 476 g/mol. The van der Waals surface area contributed by atoms with Gasteiger partial charge in [-0.1, -0.05) is 36.4 Å². The van der Waals surface area contributed by atoms with E-state index >= 15 is 0 Å². The highest BCUT2D eigenvalue weighted by Crippen LogP contribution is 2.34. The van der Waals surface area contributed by atoms with Crippen molar-refractivity contribution in [2.45, 2.75) is 20.0 Å². The van der Waals surface area contributed by atoms with Crippen molar-refractivity contribution in [3.63, 3.8) is 0 Å². The maximum atomic E-state index is 12.6. The van der Waals surface area contributed by atoms with Gasteiger partial charge in [-0.25, -0.2) is 8.42 Å². The molecule has 2 aromatic carbocycles. The second kappa shape index (κ2) is 9.43. The van der Waals surface area contributed by atoms with Crippen molar-refractivity contribution in [2.24, 2.45) is 10.1 Å². The minimum Gasteiger partial charge on any atom is -0.490 e. The van der Waals surface area contributed by atoms with Gasteiger partial charge in [0.2, 0.25) is 19.4 Å². The number of nitrogens with one attached hydrogen (secondary N) is 1. The van der Waals surface area contributed by atoms with Crippen LogP contribution < -0.4 is 9.47 Å². The zero-order chi connectivity index (χ0) is 24.5. The monoisotopic (exact) mass is 498 g/mol. The molecule has 2 aliphatic heterocycles. The largest absolute Gasteiger partial charge is 0.490 e. The van der Waals surface area contributed by atoms with Crippen molar-refractivity contribution in [1.82, 2.24) is 5.01 Å². The van der Waals surface area contributed by atoms with E-state index in [1.54, 1.807) is 18.2 Å². The Hall–Kier alpha value is -3.44. The highest BCUT2D eigenvalue weighted by molar-refractivity contribution is 8.42. The maximum absolute atomic E-state index is 12.6. The molecule has 0 saturated carbocycles. The number of hydrazone groups is 1. The molecule has 1 N–H and O–H groups in total. The summed E-state index contributed by atoms with van der Waals surface area (Å²) in [4.78, 5) is 16.5. The molecular formula is C23H22N4O5S2. The van der Waals surface area contributed by atoms with E-state index in [0.29, 0.717) is 23.7 Å². The molecule has 0 bridgehead atoms. The van der Waals surface area contributed by atoms with Gasteiger partial charge in [0.15, 0.2) is 17.3 Å². The molecule has 34 heavy (non-hydrogen) atoms. The van der Waals surface area contributed by atoms with E-state index in [2.05, 4.69) is 10.1 Å². The molecule has 0 fully saturated rings. The Morgan fingerprint density at radius 1 is 1.18 bits per heavy atom. The minimum absolute atomic E-state index is 0.0170. The third-order valence-corrected chi connectivity index (χ3v) is 7.48. The predicted octanol–water partition coefficient (Wildman–Crippen LogP) is 3.85. The van der Waals surface area contributed by atoms with E-state index in [1.165, 1.54) is 6.08 Å². The number of hydrogen-bond acceptors (Lipinski definition) is 8. The van der Waals surface area contributed by atoms with Crippen LogP contribution in [0, 0.1) is 5.41 Å². The Labute approximate surface area is 201 Å².